The highest BCUT2D eigenvalue weighted by molar-refractivity contribution is 6.07. The molecular weight excluding hydrogens is 254 g/mol. The molecule has 1 aliphatic rings. The summed E-state index contributed by atoms with van der Waals surface area (Å²) in [6.07, 6.45) is 3.13. The fraction of sp³-hybridized carbons (Fsp3) is 0.467. The second-order valence-corrected chi connectivity index (χ2v) is 5.45. The van der Waals surface area contributed by atoms with Crippen molar-refractivity contribution >= 4 is 11.7 Å². The summed E-state index contributed by atoms with van der Waals surface area (Å²) < 4.78 is 0. The van der Waals surface area contributed by atoms with Gasteiger partial charge in [-0.25, -0.2) is 0 Å². The summed E-state index contributed by atoms with van der Waals surface area (Å²) in [7, 11) is 0. The average Bonchev–Trinajstić information content (AvgIpc) is 2.95. The minimum atomic E-state index is -0.835. The summed E-state index contributed by atoms with van der Waals surface area (Å²) in [6.45, 7) is 2.47. The van der Waals surface area contributed by atoms with Crippen LogP contribution in [0.3, 0.4) is 0 Å². The molecule has 0 aliphatic heterocycles. The van der Waals surface area contributed by atoms with Crippen molar-refractivity contribution in [1.82, 2.24) is 5.32 Å². The van der Waals surface area contributed by atoms with Crippen LogP contribution in [0.5, 0.6) is 0 Å². The van der Waals surface area contributed by atoms with Crippen LogP contribution in [-0.4, -0.2) is 17.0 Å². The zero-order chi connectivity index (χ0) is 14.6. The van der Waals surface area contributed by atoms with Crippen molar-refractivity contribution in [2.24, 2.45) is 16.3 Å². The molecule has 0 atom stereocenters. The fourth-order valence-corrected chi connectivity index (χ4v) is 2.85. The Hall–Kier alpha value is -2.04. The molecule has 0 heterocycles. The van der Waals surface area contributed by atoms with Gasteiger partial charge in [-0.2, -0.15) is 0 Å². The van der Waals surface area contributed by atoms with E-state index >= 15 is 0 Å². The number of rotatable bonds is 4. The lowest BCUT2D eigenvalue weighted by Crippen LogP contribution is -2.48. The van der Waals surface area contributed by atoms with Gasteiger partial charge in [0.1, 0.15) is 5.41 Å². The molecule has 1 aromatic carbocycles. The Bertz CT molecular complexity index is 520. The predicted molar refractivity (Wildman–Crippen MR) is 77.3 cm³/mol. The van der Waals surface area contributed by atoms with Crippen LogP contribution < -0.4 is 11.1 Å². The van der Waals surface area contributed by atoms with Gasteiger partial charge >= 0.3 is 0 Å². The van der Waals surface area contributed by atoms with E-state index in [1.54, 1.807) is 0 Å². The highest BCUT2D eigenvalue weighted by Crippen LogP contribution is 2.38. The second-order valence-electron chi connectivity index (χ2n) is 5.45. The first-order chi connectivity index (χ1) is 9.58. The van der Waals surface area contributed by atoms with E-state index in [-0.39, 0.29) is 11.7 Å². The van der Waals surface area contributed by atoms with E-state index in [0.717, 1.165) is 24.0 Å². The average molecular weight is 275 g/mol. The van der Waals surface area contributed by atoms with E-state index in [0.29, 0.717) is 19.4 Å². The summed E-state index contributed by atoms with van der Waals surface area (Å²) >= 11 is 0. The van der Waals surface area contributed by atoms with Gasteiger partial charge < -0.3 is 16.3 Å². The maximum absolute atomic E-state index is 12.4. The summed E-state index contributed by atoms with van der Waals surface area (Å²) in [6, 6.07) is 7.98. The maximum atomic E-state index is 12.4. The van der Waals surface area contributed by atoms with Crippen LogP contribution in [0.15, 0.2) is 29.4 Å². The topological polar surface area (TPSA) is 87.7 Å². The first-order valence-corrected chi connectivity index (χ1v) is 6.90. The number of nitrogens with zero attached hydrogens (tertiary/aromatic N) is 1. The van der Waals surface area contributed by atoms with Crippen LogP contribution in [0, 0.1) is 12.3 Å². The van der Waals surface area contributed by atoms with E-state index in [1.807, 2.05) is 31.2 Å². The Morgan fingerprint density at radius 1 is 1.45 bits per heavy atom. The third-order valence-corrected chi connectivity index (χ3v) is 4.03. The van der Waals surface area contributed by atoms with Gasteiger partial charge in [-0.3, -0.25) is 4.79 Å². The van der Waals surface area contributed by atoms with Gasteiger partial charge in [-0.05, 0) is 25.3 Å². The molecule has 0 aromatic heterocycles. The molecule has 1 amide bonds. The number of hydrogen-bond donors (Lipinski definition) is 3. The molecule has 20 heavy (non-hydrogen) atoms. The summed E-state index contributed by atoms with van der Waals surface area (Å²) in [5, 5.41) is 14.9. The predicted octanol–water partition coefficient (Wildman–Crippen LogP) is 1.92. The van der Waals surface area contributed by atoms with E-state index in [2.05, 4.69) is 10.5 Å². The number of carbonyl (C=O) groups is 1. The molecule has 1 fully saturated rings. The molecule has 1 saturated carbocycles. The summed E-state index contributed by atoms with van der Waals surface area (Å²) in [5.41, 5.74) is 7.12. The Labute approximate surface area is 118 Å². The van der Waals surface area contributed by atoms with E-state index < -0.39 is 5.41 Å². The Kier molecular flexibility index (Phi) is 4.27. The number of hydrogen-bond acceptors (Lipinski definition) is 3. The minimum Gasteiger partial charge on any atom is -0.409 e. The number of benzene rings is 1. The lowest BCUT2D eigenvalue weighted by atomic mass is 9.83. The molecule has 0 bridgehead atoms. The highest BCUT2D eigenvalue weighted by Gasteiger charge is 2.45. The van der Waals surface area contributed by atoms with Crippen LogP contribution in [-0.2, 0) is 11.3 Å². The number of aryl methyl sites for hydroxylation is 1. The van der Waals surface area contributed by atoms with Crippen molar-refractivity contribution in [1.29, 1.82) is 0 Å². The Morgan fingerprint density at radius 3 is 2.75 bits per heavy atom. The highest BCUT2D eigenvalue weighted by atomic mass is 16.4. The molecule has 4 N–H and O–H groups in total. The largest absolute Gasteiger partial charge is 0.409 e. The molecule has 1 aliphatic carbocycles. The molecule has 2 rings (SSSR count). The Morgan fingerprint density at radius 2 is 2.15 bits per heavy atom. The third kappa shape index (κ3) is 2.76. The molecule has 108 valence electrons. The third-order valence-electron chi connectivity index (χ3n) is 4.03. The lowest BCUT2D eigenvalue weighted by molar-refractivity contribution is -0.127. The van der Waals surface area contributed by atoms with Crippen molar-refractivity contribution in [2.75, 3.05) is 0 Å². The van der Waals surface area contributed by atoms with Gasteiger partial charge in [0.05, 0.1) is 0 Å². The maximum Gasteiger partial charge on any atom is 0.234 e. The van der Waals surface area contributed by atoms with Gasteiger partial charge in [-0.15, -0.1) is 0 Å². The lowest BCUT2D eigenvalue weighted by Gasteiger charge is -2.26. The zero-order valence-electron chi connectivity index (χ0n) is 11.7. The normalized spacial score (nSPS) is 17.9. The van der Waals surface area contributed by atoms with Crippen LogP contribution in [0.1, 0.15) is 36.8 Å². The van der Waals surface area contributed by atoms with Crippen molar-refractivity contribution < 1.29 is 10.0 Å². The van der Waals surface area contributed by atoms with Crippen LogP contribution in [0.4, 0.5) is 0 Å². The van der Waals surface area contributed by atoms with Crippen molar-refractivity contribution in [3.05, 3.63) is 35.4 Å². The summed E-state index contributed by atoms with van der Waals surface area (Å²) in [4.78, 5) is 12.4. The molecule has 0 spiro atoms. The van der Waals surface area contributed by atoms with E-state index in [4.69, 9.17) is 10.9 Å². The van der Waals surface area contributed by atoms with Crippen LogP contribution in [0.25, 0.3) is 0 Å². The number of nitrogens with two attached hydrogens (primary N) is 1. The zero-order valence-corrected chi connectivity index (χ0v) is 11.7. The Balaban J connectivity index is 2.07. The van der Waals surface area contributed by atoms with Crippen molar-refractivity contribution in [2.45, 2.75) is 39.2 Å². The molecule has 0 saturated heterocycles. The molecule has 5 nitrogen and oxygen atoms in total. The van der Waals surface area contributed by atoms with Crippen molar-refractivity contribution in [3.8, 4) is 0 Å². The molecule has 0 radical (unpaired) electrons. The standard InChI is InChI=1S/C15H21N3O2/c1-11-5-4-6-12(9-11)10-17-14(19)15(13(16)18-20)7-2-3-8-15/h4-6,9,20H,2-3,7-8,10H2,1H3,(H2,16,18)(H,17,19). The molecule has 1 aromatic rings. The second kappa shape index (κ2) is 5.94. The van der Waals surface area contributed by atoms with E-state index in [1.165, 1.54) is 0 Å². The van der Waals surface area contributed by atoms with Crippen LogP contribution in [0.2, 0.25) is 0 Å². The number of carbonyl (C=O) groups excluding carboxylic acids is 1. The van der Waals surface area contributed by atoms with Crippen molar-refractivity contribution in [3.63, 3.8) is 0 Å². The molecule has 5 heteroatoms. The first-order valence-electron chi connectivity index (χ1n) is 6.90. The van der Waals surface area contributed by atoms with Gasteiger partial charge in [-0.1, -0.05) is 47.8 Å². The SMILES string of the molecule is Cc1cccc(CNC(=O)C2(C(N)=NO)CCCC2)c1. The van der Waals surface area contributed by atoms with Crippen LogP contribution >= 0.6 is 0 Å². The quantitative estimate of drug-likeness (QED) is 0.339. The number of amidine groups is 1. The summed E-state index contributed by atoms with van der Waals surface area (Å²) in [5.74, 6) is -0.122. The number of oxime groups is 1. The van der Waals surface area contributed by atoms with Gasteiger partial charge in [0.15, 0.2) is 5.84 Å². The fourth-order valence-electron chi connectivity index (χ4n) is 2.85. The molecule has 0 unspecified atom stereocenters. The number of amides is 1. The first kappa shape index (κ1) is 14.4. The number of nitrogens with one attached hydrogen (secondary N) is 1. The van der Waals surface area contributed by atoms with E-state index in [9.17, 15) is 4.79 Å². The van der Waals surface area contributed by atoms with Gasteiger partial charge in [0, 0.05) is 6.54 Å². The smallest absolute Gasteiger partial charge is 0.234 e. The minimum absolute atomic E-state index is 0.0248. The monoisotopic (exact) mass is 275 g/mol. The van der Waals surface area contributed by atoms with Gasteiger partial charge in [0.2, 0.25) is 5.91 Å². The molecular formula is C15H21N3O2. The van der Waals surface area contributed by atoms with Gasteiger partial charge in [0.25, 0.3) is 0 Å².